The Morgan fingerprint density at radius 1 is 1.39 bits per heavy atom. The number of aromatic nitrogens is 1. The second-order valence-corrected chi connectivity index (χ2v) is 7.93. The van der Waals surface area contributed by atoms with Crippen molar-refractivity contribution >= 4 is 40.0 Å². The second kappa shape index (κ2) is 9.07. The average Bonchev–Trinajstić information content (AvgIpc) is 3.46. The number of benzene rings is 1. The Hall–Kier alpha value is -4.28. The lowest BCUT2D eigenvalue weighted by Crippen LogP contribution is -2.46. The van der Waals surface area contributed by atoms with Crippen LogP contribution >= 0.6 is 11.3 Å². The monoisotopic (exact) mass is 467 g/mol. The number of fused-ring (bicyclic) bond motifs is 1. The summed E-state index contributed by atoms with van der Waals surface area (Å²) < 4.78 is 0. The summed E-state index contributed by atoms with van der Waals surface area (Å²) in [6.45, 7) is 0.0503. The van der Waals surface area contributed by atoms with E-state index in [4.69, 9.17) is 15.8 Å². The third-order valence-electron chi connectivity index (χ3n) is 4.87. The molecule has 13 heteroatoms. The molecule has 168 valence electrons. The second-order valence-electron chi connectivity index (χ2n) is 7.04. The highest BCUT2D eigenvalue weighted by molar-refractivity contribution is 7.13. The quantitative estimate of drug-likeness (QED) is 0.376. The zero-order valence-electron chi connectivity index (χ0n) is 17.0. The summed E-state index contributed by atoms with van der Waals surface area (Å²) in [6.07, 6.45) is 0. The van der Waals surface area contributed by atoms with Crippen molar-refractivity contribution in [2.24, 2.45) is 5.16 Å². The van der Waals surface area contributed by atoms with E-state index in [1.54, 1.807) is 6.07 Å². The van der Waals surface area contributed by atoms with E-state index in [2.05, 4.69) is 15.5 Å². The number of thiazole rings is 1. The smallest absolute Gasteiger partial charge is 0.355 e. The molecular weight excluding hydrogens is 450 g/mol. The molecule has 0 bridgehead atoms. The summed E-state index contributed by atoms with van der Waals surface area (Å²) in [7, 11) is 0. The summed E-state index contributed by atoms with van der Waals surface area (Å²) in [5.41, 5.74) is 6.06. The van der Waals surface area contributed by atoms with E-state index in [1.165, 1.54) is 10.4 Å². The Labute approximate surface area is 191 Å². The minimum atomic E-state index is -1.40. The number of carbonyl (C=O) groups is 3. The molecule has 4 N–H and O–H groups in total. The number of nitrogen functional groups attached to an aromatic ring is 1. The fourth-order valence-corrected chi connectivity index (χ4v) is 3.97. The third kappa shape index (κ3) is 4.38. The number of aliphatic carboxylic acids is 1. The SMILES string of the molecule is N#CC1=C(C(=O)O)N2C(=O)[C@@H](NC(=O)/C(=N\OCc3ccccc3)c3csc(N)n3)CN2C1. The highest BCUT2D eigenvalue weighted by Gasteiger charge is 2.48. The number of amides is 2. The van der Waals surface area contributed by atoms with E-state index in [-0.39, 0.29) is 41.8 Å². The van der Waals surface area contributed by atoms with Crippen molar-refractivity contribution in [2.45, 2.75) is 12.6 Å². The third-order valence-corrected chi connectivity index (χ3v) is 5.55. The van der Waals surface area contributed by atoms with E-state index >= 15 is 0 Å². The van der Waals surface area contributed by atoms with Gasteiger partial charge in [-0.05, 0) is 5.56 Å². The van der Waals surface area contributed by atoms with E-state index in [9.17, 15) is 19.5 Å². The molecule has 1 aromatic carbocycles. The maximum Gasteiger partial charge on any atom is 0.355 e. The van der Waals surface area contributed by atoms with Crippen molar-refractivity contribution in [1.82, 2.24) is 20.3 Å². The van der Waals surface area contributed by atoms with Crippen molar-refractivity contribution in [2.75, 3.05) is 18.8 Å². The average molecular weight is 467 g/mol. The zero-order chi connectivity index (χ0) is 23.5. The molecule has 1 aromatic heterocycles. The van der Waals surface area contributed by atoms with E-state index in [1.807, 2.05) is 30.3 Å². The van der Waals surface area contributed by atoms with Crippen molar-refractivity contribution in [3.63, 3.8) is 0 Å². The molecule has 0 unspecified atom stereocenters. The number of anilines is 1. The van der Waals surface area contributed by atoms with Crippen LogP contribution in [0, 0.1) is 11.3 Å². The van der Waals surface area contributed by atoms with Crippen LogP contribution in [-0.4, -0.2) is 62.7 Å². The van der Waals surface area contributed by atoms with Gasteiger partial charge in [-0.15, -0.1) is 11.3 Å². The normalized spacial score (nSPS) is 18.3. The summed E-state index contributed by atoms with van der Waals surface area (Å²) >= 11 is 1.11. The van der Waals surface area contributed by atoms with E-state index < -0.39 is 29.5 Å². The van der Waals surface area contributed by atoms with Gasteiger partial charge in [0.2, 0.25) is 0 Å². The minimum Gasteiger partial charge on any atom is -0.476 e. The number of nitrogens with zero attached hydrogens (tertiary/aromatic N) is 5. The number of oxime groups is 1. The molecule has 0 radical (unpaired) electrons. The molecular formula is C20H17N7O5S. The number of nitrogens with one attached hydrogen (secondary N) is 1. The van der Waals surface area contributed by atoms with Crippen LogP contribution in [0.5, 0.6) is 0 Å². The van der Waals surface area contributed by atoms with Gasteiger partial charge in [-0.25, -0.2) is 19.8 Å². The first-order chi connectivity index (χ1) is 15.9. The molecule has 12 nitrogen and oxygen atoms in total. The number of nitriles is 1. The van der Waals surface area contributed by atoms with E-state index in [0.717, 1.165) is 21.9 Å². The minimum absolute atomic E-state index is 0.0100. The lowest BCUT2D eigenvalue weighted by atomic mass is 10.2. The molecule has 2 amide bonds. The van der Waals surface area contributed by atoms with Gasteiger partial charge in [-0.2, -0.15) is 5.26 Å². The van der Waals surface area contributed by atoms with Crippen molar-refractivity contribution < 1.29 is 24.3 Å². The Kier molecular flexibility index (Phi) is 6.03. The van der Waals surface area contributed by atoms with E-state index in [0.29, 0.717) is 0 Å². The van der Waals surface area contributed by atoms with Gasteiger partial charge in [0, 0.05) is 11.9 Å². The number of hydrogen-bond donors (Lipinski definition) is 3. The Balaban J connectivity index is 1.51. The van der Waals surface area contributed by atoms with Crippen molar-refractivity contribution in [3.05, 3.63) is 58.2 Å². The molecule has 2 aliphatic rings. The number of carboxylic acids is 1. The maximum atomic E-state index is 13.0. The van der Waals surface area contributed by atoms with Gasteiger partial charge in [-0.3, -0.25) is 9.59 Å². The zero-order valence-corrected chi connectivity index (χ0v) is 17.8. The molecule has 1 fully saturated rings. The van der Waals surface area contributed by atoms with Gasteiger partial charge in [0.15, 0.2) is 16.5 Å². The number of rotatable bonds is 7. The fourth-order valence-electron chi connectivity index (χ4n) is 3.42. The van der Waals surface area contributed by atoms with Crippen LogP contribution in [0.2, 0.25) is 0 Å². The standard InChI is InChI=1S/C20H17N7O5S/c21-6-12-7-26-8-13(18(29)27(26)16(12)19(30)31)23-17(28)15(14-10-33-20(22)24-14)25-32-9-11-4-2-1-3-5-11/h1-5,10,13H,7-9H2,(H2,22,24)(H,23,28)(H,30,31)/b25-15-/t13-/m0/s1. The van der Waals surface area contributed by atoms with Gasteiger partial charge >= 0.3 is 5.97 Å². The van der Waals surface area contributed by atoms with Crippen LogP contribution < -0.4 is 11.1 Å². The van der Waals surface area contributed by atoms with Crippen LogP contribution in [-0.2, 0) is 25.8 Å². The van der Waals surface area contributed by atoms with Crippen molar-refractivity contribution in [3.8, 4) is 6.07 Å². The van der Waals surface area contributed by atoms with Gasteiger partial charge in [-0.1, -0.05) is 35.5 Å². The van der Waals surface area contributed by atoms with Gasteiger partial charge in [0.25, 0.3) is 11.8 Å². The largest absolute Gasteiger partial charge is 0.476 e. The first-order valence-electron chi connectivity index (χ1n) is 9.60. The predicted molar refractivity (Wildman–Crippen MR) is 115 cm³/mol. The number of nitrogens with two attached hydrogens (primary N) is 1. The molecule has 3 heterocycles. The van der Waals surface area contributed by atoms with Gasteiger partial charge in [0.05, 0.1) is 18.2 Å². The first-order valence-corrected chi connectivity index (χ1v) is 10.5. The number of carboxylic acid groups (broad SMARTS) is 1. The number of hydrazine groups is 1. The van der Waals surface area contributed by atoms with Gasteiger partial charge in [0.1, 0.15) is 18.3 Å². The van der Waals surface area contributed by atoms with Crippen LogP contribution in [0.1, 0.15) is 11.3 Å². The molecule has 0 aliphatic carbocycles. The summed E-state index contributed by atoms with van der Waals surface area (Å²) in [4.78, 5) is 46.7. The molecule has 4 rings (SSSR count). The van der Waals surface area contributed by atoms with Crippen LogP contribution in [0.4, 0.5) is 5.13 Å². The summed E-state index contributed by atoms with van der Waals surface area (Å²) in [5, 5.41) is 29.1. The van der Waals surface area contributed by atoms with Crippen molar-refractivity contribution in [1.29, 1.82) is 5.26 Å². The summed E-state index contributed by atoms with van der Waals surface area (Å²) in [6, 6.07) is 9.94. The number of hydrogen-bond acceptors (Lipinski definition) is 10. The Morgan fingerprint density at radius 2 is 2.15 bits per heavy atom. The molecule has 1 saturated heterocycles. The first kappa shape index (κ1) is 21.9. The lowest BCUT2D eigenvalue weighted by molar-refractivity contribution is -0.143. The molecule has 2 aliphatic heterocycles. The van der Waals surface area contributed by atoms with Crippen LogP contribution in [0.3, 0.4) is 0 Å². The highest BCUT2D eigenvalue weighted by Crippen LogP contribution is 2.29. The fraction of sp³-hybridized carbons (Fsp3) is 0.200. The Morgan fingerprint density at radius 3 is 2.79 bits per heavy atom. The maximum absolute atomic E-state index is 13.0. The molecule has 0 saturated carbocycles. The molecule has 1 atom stereocenters. The predicted octanol–water partition coefficient (Wildman–Crippen LogP) is 0.0661. The van der Waals surface area contributed by atoms with Crippen LogP contribution in [0.25, 0.3) is 0 Å². The molecule has 0 spiro atoms. The van der Waals surface area contributed by atoms with Crippen LogP contribution in [0.15, 0.2) is 52.1 Å². The lowest BCUT2D eigenvalue weighted by Gasteiger charge is -2.18. The summed E-state index contributed by atoms with van der Waals surface area (Å²) in [5.74, 6) is -2.81. The topological polar surface area (TPSA) is 174 Å². The highest BCUT2D eigenvalue weighted by atomic mass is 32.1. The number of carbonyl (C=O) groups excluding carboxylic acids is 2. The van der Waals surface area contributed by atoms with Gasteiger partial charge < -0.3 is 21.0 Å². The Bertz CT molecular complexity index is 1220. The molecule has 33 heavy (non-hydrogen) atoms. The molecule has 2 aromatic rings.